The predicted octanol–water partition coefficient (Wildman–Crippen LogP) is 0.400. The van der Waals surface area contributed by atoms with Gasteiger partial charge in [0, 0.05) is 37.0 Å². The molecule has 0 aliphatic carbocycles. The van der Waals surface area contributed by atoms with E-state index in [0.717, 1.165) is 11.3 Å². The van der Waals surface area contributed by atoms with Gasteiger partial charge in [0.2, 0.25) is 11.8 Å². The molecule has 2 amide bonds. The highest BCUT2D eigenvalue weighted by molar-refractivity contribution is 7.10. The van der Waals surface area contributed by atoms with Crippen molar-refractivity contribution in [2.45, 2.75) is 31.4 Å². The maximum atomic E-state index is 12.4. The summed E-state index contributed by atoms with van der Waals surface area (Å²) in [5, 5.41) is 17.7. The van der Waals surface area contributed by atoms with Crippen LogP contribution < -0.4 is 10.6 Å². The fourth-order valence-electron chi connectivity index (χ4n) is 3.28. The zero-order valence-corrected chi connectivity index (χ0v) is 15.1. The fraction of sp³-hybridized carbons (Fsp3) is 0.625. The maximum absolute atomic E-state index is 12.4. The number of hydrogen-bond donors (Lipinski definition) is 3. The fourth-order valence-corrected chi connectivity index (χ4v) is 3.97. The molecule has 0 bridgehead atoms. The molecule has 2 aliphatic rings. The number of aliphatic hydroxyl groups is 1. The highest BCUT2D eigenvalue weighted by Gasteiger charge is 2.34. The average Bonchev–Trinajstić information content (AvgIpc) is 3.26. The molecule has 24 heavy (non-hydrogen) atoms. The van der Waals surface area contributed by atoms with E-state index in [1.807, 2.05) is 17.5 Å². The van der Waals surface area contributed by atoms with E-state index in [4.69, 9.17) is 0 Å². The van der Waals surface area contributed by atoms with Crippen molar-refractivity contribution in [1.82, 2.24) is 15.5 Å². The summed E-state index contributed by atoms with van der Waals surface area (Å²) in [5.41, 5.74) is 0. The first-order chi connectivity index (χ1) is 11.1. The van der Waals surface area contributed by atoms with Crippen LogP contribution in [0.1, 0.15) is 17.7 Å². The number of likely N-dealkylation sites (tertiary alicyclic amines) is 1. The van der Waals surface area contributed by atoms with Gasteiger partial charge in [-0.1, -0.05) is 6.07 Å². The number of nitrogens with zero attached hydrogens (tertiary/aromatic N) is 1. The number of rotatable bonds is 5. The van der Waals surface area contributed by atoms with Gasteiger partial charge >= 0.3 is 0 Å². The highest BCUT2D eigenvalue weighted by Crippen LogP contribution is 2.20. The summed E-state index contributed by atoms with van der Waals surface area (Å²) in [5.74, 6) is -0.0237. The number of carbonyl (C=O) groups is 2. The Labute approximate surface area is 152 Å². The van der Waals surface area contributed by atoms with Crippen molar-refractivity contribution in [1.29, 1.82) is 0 Å². The monoisotopic (exact) mass is 373 g/mol. The zero-order valence-electron chi connectivity index (χ0n) is 13.4. The van der Waals surface area contributed by atoms with E-state index in [1.54, 1.807) is 16.2 Å². The van der Waals surface area contributed by atoms with Gasteiger partial charge in [-0.3, -0.25) is 9.59 Å². The Morgan fingerprint density at radius 3 is 2.92 bits per heavy atom. The summed E-state index contributed by atoms with van der Waals surface area (Å²) in [4.78, 5) is 27.6. The molecular weight excluding hydrogens is 350 g/mol. The molecule has 6 nitrogen and oxygen atoms in total. The van der Waals surface area contributed by atoms with Gasteiger partial charge in [0.15, 0.2) is 0 Å². The maximum Gasteiger partial charge on any atom is 0.242 e. The molecule has 1 aromatic heterocycles. The van der Waals surface area contributed by atoms with Crippen LogP contribution >= 0.6 is 23.7 Å². The van der Waals surface area contributed by atoms with Crippen LogP contribution in [-0.4, -0.2) is 60.1 Å². The minimum Gasteiger partial charge on any atom is -0.391 e. The van der Waals surface area contributed by atoms with Crippen molar-refractivity contribution in [2.24, 2.45) is 5.92 Å². The lowest BCUT2D eigenvalue weighted by Gasteiger charge is -2.24. The Hall–Kier alpha value is -1.15. The Kier molecular flexibility index (Phi) is 7.03. The molecule has 3 unspecified atom stereocenters. The van der Waals surface area contributed by atoms with Gasteiger partial charge in [-0.2, -0.15) is 0 Å². The van der Waals surface area contributed by atoms with E-state index >= 15 is 0 Å². The standard InChI is InChI=1S/C16H23N3O3S.ClH/c20-14-10-17-8-11(14)9-18-16(22)13-4-1-5-19(13)15(21)7-12-3-2-6-23-12;/h2-3,6,11,13-14,17,20H,1,4-5,7-10H2,(H,18,22);1H. The van der Waals surface area contributed by atoms with Crippen LogP contribution in [0, 0.1) is 5.92 Å². The Morgan fingerprint density at radius 2 is 2.25 bits per heavy atom. The zero-order chi connectivity index (χ0) is 16.2. The summed E-state index contributed by atoms with van der Waals surface area (Å²) in [7, 11) is 0. The third-order valence-corrected chi connectivity index (χ3v) is 5.50. The van der Waals surface area contributed by atoms with Crippen LogP contribution in [0.25, 0.3) is 0 Å². The van der Waals surface area contributed by atoms with Gasteiger partial charge in [-0.05, 0) is 24.3 Å². The average molecular weight is 374 g/mol. The van der Waals surface area contributed by atoms with E-state index in [-0.39, 0.29) is 36.2 Å². The van der Waals surface area contributed by atoms with Crippen LogP contribution in [0.2, 0.25) is 0 Å². The minimum absolute atomic E-state index is 0. The van der Waals surface area contributed by atoms with Crippen molar-refractivity contribution in [2.75, 3.05) is 26.2 Å². The molecule has 0 spiro atoms. The number of thiophene rings is 1. The Morgan fingerprint density at radius 1 is 1.42 bits per heavy atom. The van der Waals surface area contributed by atoms with E-state index in [0.29, 0.717) is 39.0 Å². The van der Waals surface area contributed by atoms with Gasteiger partial charge in [0.05, 0.1) is 12.5 Å². The number of hydrogen-bond acceptors (Lipinski definition) is 5. The van der Waals surface area contributed by atoms with E-state index in [1.165, 1.54) is 0 Å². The molecule has 2 aliphatic heterocycles. The van der Waals surface area contributed by atoms with Crippen LogP contribution in [0.5, 0.6) is 0 Å². The van der Waals surface area contributed by atoms with Gasteiger partial charge in [0.1, 0.15) is 6.04 Å². The van der Waals surface area contributed by atoms with Crippen LogP contribution in [0.4, 0.5) is 0 Å². The summed E-state index contributed by atoms with van der Waals surface area (Å²) in [6, 6.07) is 3.51. The van der Waals surface area contributed by atoms with E-state index in [9.17, 15) is 14.7 Å². The second-order valence-corrected chi connectivity index (χ2v) is 7.26. The van der Waals surface area contributed by atoms with Gasteiger partial charge in [0.25, 0.3) is 0 Å². The summed E-state index contributed by atoms with van der Waals surface area (Å²) >= 11 is 1.56. The number of amides is 2. The normalized spacial score (nSPS) is 26.2. The van der Waals surface area contributed by atoms with Crippen molar-refractivity contribution < 1.29 is 14.7 Å². The lowest BCUT2D eigenvalue weighted by atomic mass is 10.1. The smallest absolute Gasteiger partial charge is 0.242 e. The summed E-state index contributed by atoms with van der Waals surface area (Å²) < 4.78 is 0. The topological polar surface area (TPSA) is 81.7 Å². The highest BCUT2D eigenvalue weighted by atomic mass is 35.5. The SMILES string of the molecule is Cl.O=C(NCC1CNCC1O)C1CCCN1C(=O)Cc1cccs1. The summed E-state index contributed by atoms with van der Waals surface area (Å²) in [6.07, 6.45) is 1.54. The molecule has 0 saturated carbocycles. The van der Waals surface area contributed by atoms with E-state index < -0.39 is 6.10 Å². The Balaban J connectivity index is 0.00000208. The molecule has 3 heterocycles. The molecule has 134 valence electrons. The molecule has 0 radical (unpaired) electrons. The molecule has 0 aromatic carbocycles. The minimum atomic E-state index is -0.407. The largest absolute Gasteiger partial charge is 0.391 e. The third kappa shape index (κ3) is 4.47. The quantitative estimate of drug-likeness (QED) is 0.697. The molecule has 1 aromatic rings. The molecule has 2 saturated heterocycles. The molecule has 3 rings (SSSR count). The van der Waals surface area contributed by atoms with Gasteiger partial charge < -0.3 is 20.6 Å². The number of nitrogens with one attached hydrogen (secondary N) is 2. The van der Waals surface area contributed by atoms with Crippen molar-refractivity contribution in [3.05, 3.63) is 22.4 Å². The summed E-state index contributed by atoms with van der Waals surface area (Å²) in [6.45, 7) is 2.40. The lowest BCUT2D eigenvalue weighted by Crippen LogP contribution is -2.48. The molecule has 8 heteroatoms. The van der Waals surface area contributed by atoms with Crippen molar-refractivity contribution >= 4 is 35.6 Å². The first-order valence-electron chi connectivity index (χ1n) is 8.13. The second kappa shape index (κ2) is 8.80. The molecular formula is C16H24ClN3O3S. The molecule has 3 atom stereocenters. The number of halogens is 1. The number of carbonyl (C=O) groups excluding carboxylic acids is 2. The predicted molar refractivity (Wildman–Crippen MR) is 95.4 cm³/mol. The van der Waals surface area contributed by atoms with Crippen molar-refractivity contribution in [3.63, 3.8) is 0 Å². The number of aliphatic hydroxyl groups excluding tert-OH is 1. The Bertz CT molecular complexity index is 555. The van der Waals surface area contributed by atoms with E-state index in [2.05, 4.69) is 10.6 Å². The molecule has 2 fully saturated rings. The van der Waals surface area contributed by atoms with Crippen LogP contribution in [0.3, 0.4) is 0 Å². The molecule has 3 N–H and O–H groups in total. The number of β-amino-alcohol motifs (C(OH)–C–C–N with tert-alkyl or cyclic N) is 1. The first kappa shape index (κ1) is 19.2. The lowest BCUT2D eigenvalue weighted by molar-refractivity contribution is -0.138. The first-order valence-corrected chi connectivity index (χ1v) is 9.01. The second-order valence-electron chi connectivity index (χ2n) is 6.23. The van der Waals surface area contributed by atoms with Crippen LogP contribution in [0.15, 0.2) is 17.5 Å². The third-order valence-electron chi connectivity index (χ3n) is 4.62. The van der Waals surface area contributed by atoms with Gasteiger partial charge in [-0.25, -0.2) is 0 Å². The van der Waals surface area contributed by atoms with Gasteiger partial charge in [-0.15, -0.1) is 23.7 Å². The van der Waals surface area contributed by atoms with Crippen molar-refractivity contribution in [3.8, 4) is 0 Å². The van der Waals surface area contributed by atoms with Crippen LogP contribution in [-0.2, 0) is 16.0 Å².